The predicted octanol–water partition coefficient (Wildman–Crippen LogP) is 5.75. The summed E-state index contributed by atoms with van der Waals surface area (Å²) < 4.78 is 37.4. The maximum Gasteiger partial charge on any atom is 0.416 e. The molecule has 1 unspecified atom stereocenters. The van der Waals surface area contributed by atoms with E-state index in [2.05, 4.69) is 5.32 Å². The molecule has 0 aliphatic rings. The Morgan fingerprint density at radius 2 is 1.60 bits per heavy atom. The first-order chi connectivity index (χ1) is 9.38. The molecule has 0 saturated carbocycles. The fourth-order valence-corrected chi connectivity index (χ4v) is 2.05. The van der Waals surface area contributed by atoms with E-state index in [1.807, 2.05) is 31.2 Å². The molecule has 1 nitrogen and oxygen atoms in total. The minimum absolute atomic E-state index is 0.187. The molecule has 0 saturated heterocycles. The smallest absolute Gasteiger partial charge is 0.355 e. The number of para-hydroxylation sites is 1. The van der Waals surface area contributed by atoms with Gasteiger partial charge in [-0.05, 0) is 42.8 Å². The van der Waals surface area contributed by atoms with Gasteiger partial charge in [-0.15, -0.1) is 11.6 Å². The molecule has 0 heterocycles. The highest BCUT2D eigenvalue weighted by Gasteiger charge is 2.29. The van der Waals surface area contributed by atoms with Gasteiger partial charge in [0.2, 0.25) is 0 Å². The van der Waals surface area contributed by atoms with Gasteiger partial charge in [0.15, 0.2) is 0 Å². The number of alkyl halides is 4. The van der Waals surface area contributed by atoms with E-state index < -0.39 is 11.7 Å². The third kappa shape index (κ3) is 3.45. The minimum atomic E-state index is -4.32. The van der Waals surface area contributed by atoms with Crippen LogP contribution in [0.2, 0.25) is 0 Å². The number of nitrogens with one attached hydrogen (secondary N) is 1. The average Bonchev–Trinajstić information content (AvgIpc) is 2.38. The van der Waals surface area contributed by atoms with Gasteiger partial charge in [-0.25, -0.2) is 0 Å². The van der Waals surface area contributed by atoms with Crippen molar-refractivity contribution in [2.24, 2.45) is 0 Å². The van der Waals surface area contributed by atoms with Gasteiger partial charge in [0.25, 0.3) is 0 Å². The van der Waals surface area contributed by atoms with Crippen LogP contribution in [-0.2, 0) is 6.18 Å². The minimum Gasteiger partial charge on any atom is -0.355 e. The Morgan fingerprint density at radius 1 is 1.00 bits per heavy atom. The fraction of sp³-hybridized carbons (Fsp3) is 0.200. The first-order valence-corrected chi connectivity index (χ1v) is 6.49. The molecule has 1 atom stereocenters. The molecule has 106 valence electrons. The second kappa shape index (κ2) is 5.75. The number of rotatable bonds is 3. The summed E-state index contributed by atoms with van der Waals surface area (Å²) in [7, 11) is 0. The molecule has 2 aromatic carbocycles. The van der Waals surface area contributed by atoms with Crippen LogP contribution in [0.15, 0.2) is 48.5 Å². The van der Waals surface area contributed by atoms with Crippen molar-refractivity contribution >= 4 is 23.0 Å². The summed E-state index contributed by atoms with van der Waals surface area (Å²) in [5.74, 6) is 0. The molecule has 2 aromatic rings. The molecule has 20 heavy (non-hydrogen) atoms. The van der Waals surface area contributed by atoms with Gasteiger partial charge in [0.05, 0.1) is 10.9 Å². The van der Waals surface area contributed by atoms with Gasteiger partial charge in [0.1, 0.15) is 0 Å². The maximum absolute atomic E-state index is 12.5. The lowest BCUT2D eigenvalue weighted by atomic mass is 10.1. The van der Waals surface area contributed by atoms with Crippen LogP contribution in [0.25, 0.3) is 0 Å². The van der Waals surface area contributed by atoms with Crippen molar-refractivity contribution < 1.29 is 13.2 Å². The molecular formula is C15H13ClF3N. The zero-order chi connectivity index (χ0) is 14.8. The lowest BCUT2D eigenvalue weighted by molar-refractivity contribution is -0.137. The van der Waals surface area contributed by atoms with Crippen molar-refractivity contribution in [3.05, 3.63) is 59.7 Å². The van der Waals surface area contributed by atoms with Gasteiger partial charge < -0.3 is 5.32 Å². The molecule has 0 aromatic heterocycles. The third-order valence-corrected chi connectivity index (χ3v) is 3.12. The van der Waals surface area contributed by atoms with Crippen molar-refractivity contribution in [1.29, 1.82) is 0 Å². The Balaban J connectivity index is 2.23. The van der Waals surface area contributed by atoms with E-state index in [4.69, 9.17) is 11.6 Å². The first kappa shape index (κ1) is 14.7. The summed E-state index contributed by atoms with van der Waals surface area (Å²) in [6.07, 6.45) is -4.32. The second-order valence-electron chi connectivity index (χ2n) is 4.40. The second-order valence-corrected chi connectivity index (χ2v) is 5.06. The third-order valence-electron chi connectivity index (χ3n) is 2.88. The van der Waals surface area contributed by atoms with Crippen LogP contribution in [0.5, 0.6) is 0 Å². The molecule has 0 spiro atoms. The van der Waals surface area contributed by atoms with E-state index in [1.165, 1.54) is 12.1 Å². The van der Waals surface area contributed by atoms with Gasteiger partial charge in [0, 0.05) is 11.4 Å². The Labute approximate surface area is 120 Å². The molecule has 0 amide bonds. The number of hydrogen-bond donors (Lipinski definition) is 1. The largest absolute Gasteiger partial charge is 0.416 e. The highest BCUT2D eigenvalue weighted by Crippen LogP contribution is 2.32. The normalized spacial score (nSPS) is 13.1. The molecule has 0 aliphatic carbocycles. The number of halogens is 4. The molecule has 0 fully saturated rings. The highest BCUT2D eigenvalue weighted by atomic mass is 35.5. The highest BCUT2D eigenvalue weighted by molar-refractivity contribution is 6.21. The molecule has 2 rings (SSSR count). The van der Waals surface area contributed by atoms with Crippen LogP contribution in [0.1, 0.15) is 23.4 Å². The van der Waals surface area contributed by atoms with Crippen molar-refractivity contribution in [1.82, 2.24) is 0 Å². The Kier molecular flexibility index (Phi) is 4.23. The zero-order valence-electron chi connectivity index (χ0n) is 10.7. The van der Waals surface area contributed by atoms with E-state index in [1.54, 1.807) is 0 Å². The van der Waals surface area contributed by atoms with Crippen LogP contribution < -0.4 is 5.32 Å². The van der Waals surface area contributed by atoms with E-state index in [9.17, 15) is 13.2 Å². The molecule has 0 aliphatic heterocycles. The first-order valence-electron chi connectivity index (χ1n) is 6.05. The fourth-order valence-electron chi connectivity index (χ4n) is 1.86. The van der Waals surface area contributed by atoms with Gasteiger partial charge >= 0.3 is 6.18 Å². The summed E-state index contributed by atoms with van der Waals surface area (Å²) in [4.78, 5) is 0. The Bertz CT molecular complexity index is 576. The van der Waals surface area contributed by atoms with E-state index >= 15 is 0 Å². The number of benzene rings is 2. The summed E-state index contributed by atoms with van der Waals surface area (Å²) in [5.41, 5.74) is 1.61. The maximum atomic E-state index is 12.5. The van der Waals surface area contributed by atoms with Gasteiger partial charge in [-0.2, -0.15) is 13.2 Å². The SMILES string of the molecule is CC(Cl)c1ccccc1Nc1ccc(C(F)(F)F)cc1. The lowest BCUT2D eigenvalue weighted by Gasteiger charge is -2.14. The zero-order valence-corrected chi connectivity index (χ0v) is 11.5. The number of hydrogen-bond acceptors (Lipinski definition) is 1. The summed E-state index contributed by atoms with van der Waals surface area (Å²) in [6, 6.07) is 12.3. The monoisotopic (exact) mass is 299 g/mol. The van der Waals surface area contributed by atoms with Crippen molar-refractivity contribution in [3.8, 4) is 0 Å². The summed E-state index contributed by atoms with van der Waals surface area (Å²) in [6.45, 7) is 1.84. The molecule has 0 radical (unpaired) electrons. The van der Waals surface area contributed by atoms with Crippen LogP contribution in [-0.4, -0.2) is 0 Å². The molecule has 5 heteroatoms. The molecule has 0 bridgehead atoms. The van der Waals surface area contributed by atoms with Crippen molar-refractivity contribution in [3.63, 3.8) is 0 Å². The standard InChI is InChI=1S/C15H13ClF3N/c1-10(16)13-4-2-3-5-14(13)20-12-8-6-11(7-9-12)15(17,18)19/h2-10,20H,1H3. The average molecular weight is 300 g/mol. The topological polar surface area (TPSA) is 12.0 Å². The quantitative estimate of drug-likeness (QED) is 0.712. The predicted molar refractivity (Wildman–Crippen MR) is 75.4 cm³/mol. The van der Waals surface area contributed by atoms with E-state index in [0.29, 0.717) is 5.69 Å². The lowest BCUT2D eigenvalue weighted by Crippen LogP contribution is -2.04. The number of anilines is 2. The van der Waals surface area contributed by atoms with Crippen LogP contribution in [0.4, 0.5) is 24.5 Å². The summed E-state index contributed by atoms with van der Waals surface area (Å²) in [5, 5.41) is 2.89. The molecule has 1 N–H and O–H groups in total. The van der Waals surface area contributed by atoms with Crippen LogP contribution in [0.3, 0.4) is 0 Å². The van der Waals surface area contributed by atoms with Crippen LogP contribution in [0, 0.1) is 0 Å². The van der Waals surface area contributed by atoms with E-state index in [0.717, 1.165) is 23.4 Å². The Hall–Kier alpha value is -1.68. The van der Waals surface area contributed by atoms with Gasteiger partial charge in [-0.1, -0.05) is 18.2 Å². The van der Waals surface area contributed by atoms with E-state index in [-0.39, 0.29) is 5.38 Å². The van der Waals surface area contributed by atoms with Crippen LogP contribution >= 0.6 is 11.6 Å². The molecular weight excluding hydrogens is 287 g/mol. The van der Waals surface area contributed by atoms with Gasteiger partial charge in [-0.3, -0.25) is 0 Å². The summed E-state index contributed by atoms with van der Waals surface area (Å²) >= 11 is 6.07. The van der Waals surface area contributed by atoms with Crippen molar-refractivity contribution in [2.45, 2.75) is 18.5 Å². The Morgan fingerprint density at radius 3 is 2.15 bits per heavy atom. The van der Waals surface area contributed by atoms with Crippen molar-refractivity contribution in [2.75, 3.05) is 5.32 Å².